The lowest BCUT2D eigenvalue weighted by Crippen LogP contribution is -2.30. The Morgan fingerprint density at radius 1 is 1.32 bits per heavy atom. The van der Waals surface area contributed by atoms with Crippen molar-refractivity contribution < 1.29 is 4.79 Å². The highest BCUT2D eigenvalue weighted by atomic mass is 79.9. The predicted molar refractivity (Wildman–Crippen MR) is 103 cm³/mol. The molecule has 0 atom stereocenters. The van der Waals surface area contributed by atoms with E-state index >= 15 is 0 Å². The van der Waals surface area contributed by atoms with Crippen LogP contribution in [0.1, 0.15) is 34.9 Å². The van der Waals surface area contributed by atoms with E-state index in [9.17, 15) is 4.79 Å². The minimum absolute atomic E-state index is 0. The molecule has 1 amide bonds. The van der Waals surface area contributed by atoms with Crippen LogP contribution in [0.3, 0.4) is 0 Å². The molecule has 0 unspecified atom stereocenters. The van der Waals surface area contributed by atoms with Crippen molar-refractivity contribution >= 4 is 34.2 Å². The molecule has 0 spiro atoms. The Kier molecular flexibility index (Phi) is 7.40. The van der Waals surface area contributed by atoms with E-state index in [2.05, 4.69) is 43.7 Å². The number of halogens is 2. The summed E-state index contributed by atoms with van der Waals surface area (Å²) < 4.78 is 2.90. The number of hydrogen-bond acceptors (Lipinski definition) is 4. The number of nitrogens with zero attached hydrogens (tertiary/aromatic N) is 4. The molecule has 1 aromatic heterocycles. The number of rotatable bonds is 5. The first-order chi connectivity index (χ1) is 11.6. The molecule has 0 saturated carbocycles. The number of piperidine rings is 1. The van der Waals surface area contributed by atoms with Crippen molar-refractivity contribution in [3.8, 4) is 0 Å². The molecule has 1 N–H and O–H groups in total. The summed E-state index contributed by atoms with van der Waals surface area (Å²) in [7, 11) is 1.81. The second-order valence-corrected chi connectivity index (χ2v) is 7.08. The highest BCUT2D eigenvalue weighted by molar-refractivity contribution is 9.10. The molecule has 6 nitrogen and oxygen atoms in total. The van der Waals surface area contributed by atoms with Crippen LogP contribution in [-0.2, 0) is 6.42 Å². The number of benzene rings is 1. The first-order valence-corrected chi connectivity index (χ1v) is 9.05. The summed E-state index contributed by atoms with van der Waals surface area (Å²) in [5.74, 6) is -0.0766. The number of aromatic nitrogens is 3. The molecule has 2 aromatic rings. The molecule has 136 valence electrons. The van der Waals surface area contributed by atoms with Gasteiger partial charge in [-0.15, -0.1) is 17.5 Å². The smallest absolute Gasteiger partial charge is 0.275 e. The van der Waals surface area contributed by atoms with Gasteiger partial charge in [0.1, 0.15) is 0 Å². The molecule has 0 bridgehead atoms. The maximum atomic E-state index is 12.5. The van der Waals surface area contributed by atoms with Gasteiger partial charge in [-0.3, -0.25) is 4.79 Å². The molecule has 25 heavy (non-hydrogen) atoms. The molecule has 2 heterocycles. The van der Waals surface area contributed by atoms with E-state index in [1.54, 1.807) is 11.1 Å². The number of nitrogens with one attached hydrogen (secondary N) is 1. The third kappa shape index (κ3) is 5.26. The highest BCUT2D eigenvalue weighted by Crippen LogP contribution is 2.17. The molecule has 1 aromatic carbocycles. The van der Waals surface area contributed by atoms with Crippen LogP contribution in [0.4, 0.5) is 0 Å². The fourth-order valence-corrected chi connectivity index (χ4v) is 3.13. The predicted octanol–water partition coefficient (Wildman–Crippen LogP) is 2.70. The van der Waals surface area contributed by atoms with Gasteiger partial charge in [-0.25, -0.2) is 4.68 Å². The summed E-state index contributed by atoms with van der Waals surface area (Å²) in [6, 6.07) is 8.50. The second kappa shape index (κ2) is 9.31. The molecule has 1 aliphatic heterocycles. The summed E-state index contributed by atoms with van der Waals surface area (Å²) in [6.07, 6.45) is 4.65. The Bertz CT molecular complexity index is 685. The van der Waals surface area contributed by atoms with Crippen molar-refractivity contribution in [3.63, 3.8) is 0 Å². The summed E-state index contributed by atoms with van der Waals surface area (Å²) >= 11 is 3.43. The fraction of sp³-hybridized carbons (Fsp3) is 0.471. The van der Waals surface area contributed by atoms with Gasteiger partial charge in [0.05, 0.1) is 12.2 Å². The lowest BCUT2D eigenvalue weighted by molar-refractivity contribution is 0.0790. The molecular formula is C17H23BrClN5O. The minimum Gasteiger partial charge on any atom is -0.340 e. The van der Waals surface area contributed by atoms with Crippen LogP contribution in [0.2, 0.25) is 0 Å². The van der Waals surface area contributed by atoms with E-state index < -0.39 is 0 Å². The van der Waals surface area contributed by atoms with E-state index in [1.165, 1.54) is 5.56 Å². The van der Waals surface area contributed by atoms with Crippen molar-refractivity contribution in [1.82, 2.24) is 25.2 Å². The Balaban J connectivity index is 0.00000225. The zero-order valence-corrected chi connectivity index (χ0v) is 16.6. The number of likely N-dealkylation sites (N-methyl/N-ethyl adjacent to an activating group) is 1. The lowest BCUT2D eigenvalue weighted by atomic mass is 10.1. The van der Waals surface area contributed by atoms with Crippen LogP contribution >= 0.6 is 28.3 Å². The third-order valence-electron chi connectivity index (χ3n) is 4.41. The average Bonchev–Trinajstić information content (AvgIpc) is 3.11. The van der Waals surface area contributed by atoms with Crippen LogP contribution in [0.5, 0.6) is 0 Å². The first-order valence-electron chi connectivity index (χ1n) is 8.26. The fourth-order valence-electron chi connectivity index (χ4n) is 2.87. The van der Waals surface area contributed by atoms with Gasteiger partial charge < -0.3 is 10.2 Å². The Labute approximate surface area is 162 Å². The monoisotopic (exact) mass is 427 g/mol. The zero-order valence-electron chi connectivity index (χ0n) is 14.2. The molecule has 1 saturated heterocycles. The van der Waals surface area contributed by atoms with Gasteiger partial charge in [0.2, 0.25) is 0 Å². The van der Waals surface area contributed by atoms with Gasteiger partial charge >= 0.3 is 0 Å². The maximum Gasteiger partial charge on any atom is 0.275 e. The third-order valence-corrected chi connectivity index (χ3v) is 4.94. The lowest BCUT2D eigenvalue weighted by Gasteiger charge is -2.22. The summed E-state index contributed by atoms with van der Waals surface area (Å²) in [6.45, 7) is 2.63. The largest absolute Gasteiger partial charge is 0.340 e. The van der Waals surface area contributed by atoms with Crippen molar-refractivity contribution in [2.45, 2.75) is 25.3 Å². The van der Waals surface area contributed by atoms with Gasteiger partial charge in [-0.1, -0.05) is 33.3 Å². The van der Waals surface area contributed by atoms with E-state index in [0.717, 1.165) is 36.8 Å². The molecule has 8 heteroatoms. The van der Waals surface area contributed by atoms with Gasteiger partial charge in [0.15, 0.2) is 5.69 Å². The SMILES string of the molecule is CN(CCc1ccc(Br)cc1)C(=O)c1cn(C2CCNCC2)nn1.Cl. The molecule has 0 radical (unpaired) electrons. The zero-order chi connectivity index (χ0) is 16.9. The van der Waals surface area contributed by atoms with Crippen LogP contribution < -0.4 is 5.32 Å². The highest BCUT2D eigenvalue weighted by Gasteiger charge is 2.20. The Morgan fingerprint density at radius 3 is 2.68 bits per heavy atom. The van der Waals surface area contributed by atoms with Crippen LogP contribution in [-0.4, -0.2) is 52.5 Å². The van der Waals surface area contributed by atoms with Crippen molar-refractivity contribution in [2.24, 2.45) is 0 Å². The van der Waals surface area contributed by atoms with E-state index in [4.69, 9.17) is 0 Å². The van der Waals surface area contributed by atoms with Gasteiger partial charge in [-0.05, 0) is 50.0 Å². The summed E-state index contributed by atoms with van der Waals surface area (Å²) in [5, 5.41) is 11.6. The second-order valence-electron chi connectivity index (χ2n) is 6.17. The normalized spacial score (nSPS) is 14.8. The standard InChI is InChI=1S/C17H22BrN5O.ClH/c1-22(11-8-13-2-4-14(18)5-3-13)17(24)16-12-23(21-20-16)15-6-9-19-10-7-15;/h2-5,12,15,19H,6-11H2,1H3;1H. The maximum absolute atomic E-state index is 12.5. The number of carbonyl (C=O) groups excluding carboxylic acids is 1. The average molecular weight is 429 g/mol. The summed E-state index contributed by atoms with van der Waals surface area (Å²) in [5.41, 5.74) is 1.63. The molecular weight excluding hydrogens is 406 g/mol. The van der Waals surface area contributed by atoms with Crippen LogP contribution in [0.15, 0.2) is 34.9 Å². The number of hydrogen-bond donors (Lipinski definition) is 1. The van der Waals surface area contributed by atoms with Gasteiger partial charge in [0.25, 0.3) is 5.91 Å². The molecule has 0 aliphatic carbocycles. The Morgan fingerprint density at radius 2 is 2.00 bits per heavy atom. The van der Waals surface area contributed by atoms with E-state index in [0.29, 0.717) is 18.3 Å². The van der Waals surface area contributed by atoms with Gasteiger partial charge in [0, 0.05) is 18.1 Å². The Hall–Kier alpha value is -1.44. The van der Waals surface area contributed by atoms with Crippen molar-refractivity contribution in [3.05, 3.63) is 46.2 Å². The molecule has 3 rings (SSSR count). The molecule has 1 fully saturated rings. The number of amides is 1. The van der Waals surface area contributed by atoms with Crippen LogP contribution in [0.25, 0.3) is 0 Å². The quantitative estimate of drug-likeness (QED) is 0.795. The molecule has 1 aliphatic rings. The van der Waals surface area contributed by atoms with E-state index in [-0.39, 0.29) is 18.3 Å². The summed E-state index contributed by atoms with van der Waals surface area (Å²) in [4.78, 5) is 14.2. The van der Waals surface area contributed by atoms with Crippen molar-refractivity contribution in [2.75, 3.05) is 26.7 Å². The first kappa shape index (κ1) is 19.9. The topological polar surface area (TPSA) is 63.1 Å². The van der Waals surface area contributed by atoms with E-state index in [1.807, 2.05) is 23.9 Å². The number of carbonyl (C=O) groups is 1. The minimum atomic E-state index is -0.0766. The van der Waals surface area contributed by atoms with Crippen molar-refractivity contribution in [1.29, 1.82) is 0 Å². The van der Waals surface area contributed by atoms with Gasteiger partial charge in [-0.2, -0.15) is 0 Å². The van der Waals surface area contributed by atoms with Crippen LogP contribution in [0, 0.1) is 0 Å².